The van der Waals surface area contributed by atoms with Gasteiger partial charge in [-0.15, -0.1) is 0 Å². The molecule has 0 bridgehead atoms. The average molecular weight is 125 g/mol. The molecule has 3 nitrogen and oxygen atoms in total. The highest BCUT2D eigenvalue weighted by Gasteiger charge is 2.07. The molecule has 1 radical (unpaired) electrons. The first-order valence-electron chi connectivity index (χ1n) is 2.84. The number of aromatic nitrogens is 1. The van der Waals surface area contributed by atoms with Gasteiger partial charge in [-0.25, -0.2) is 0 Å². The number of rotatable bonds is 1. The van der Waals surface area contributed by atoms with Crippen LogP contribution in [0.3, 0.4) is 0 Å². The third-order valence-corrected chi connectivity index (χ3v) is 1.10. The Hall–Kier alpha value is -0.990. The second kappa shape index (κ2) is 2.09. The summed E-state index contributed by atoms with van der Waals surface area (Å²) in [7, 11) is 0. The van der Waals surface area contributed by atoms with Crippen molar-refractivity contribution in [1.29, 1.82) is 0 Å². The first kappa shape index (κ1) is 6.13. The van der Waals surface area contributed by atoms with Gasteiger partial charge in [0.2, 0.25) is 0 Å². The van der Waals surface area contributed by atoms with Crippen LogP contribution in [0.25, 0.3) is 0 Å². The Balaban J connectivity index is 2.94. The van der Waals surface area contributed by atoms with Crippen LogP contribution >= 0.6 is 0 Å². The van der Waals surface area contributed by atoms with E-state index < -0.39 is 0 Å². The van der Waals surface area contributed by atoms with Crippen LogP contribution in [0.1, 0.15) is 25.5 Å². The molecule has 2 N–H and O–H groups in total. The van der Waals surface area contributed by atoms with Gasteiger partial charge in [-0.05, 0) is 0 Å². The van der Waals surface area contributed by atoms with Crippen LogP contribution in [0, 0.1) is 6.20 Å². The zero-order chi connectivity index (χ0) is 6.85. The maximum atomic E-state index is 5.43. The maximum absolute atomic E-state index is 5.43. The van der Waals surface area contributed by atoms with Crippen LogP contribution in [0.5, 0.6) is 0 Å². The minimum atomic E-state index is 0.295. The molecule has 9 heavy (non-hydrogen) atoms. The molecule has 0 aliphatic heterocycles. The van der Waals surface area contributed by atoms with Crippen LogP contribution < -0.4 is 5.73 Å². The van der Waals surface area contributed by atoms with E-state index in [1.165, 1.54) is 0 Å². The third-order valence-electron chi connectivity index (χ3n) is 1.10. The molecule has 3 heteroatoms. The van der Waals surface area contributed by atoms with Gasteiger partial charge in [0.25, 0.3) is 0 Å². The summed E-state index contributed by atoms with van der Waals surface area (Å²) in [6, 6.07) is 0. The standard InChI is InChI=1S/C6H9N2O/c1-4(2)6-5(7)3-8-9-6/h4H,7H2,1-2H3. The fraction of sp³-hybridized carbons (Fsp3) is 0.500. The van der Waals surface area contributed by atoms with Gasteiger partial charge in [0.05, 0.1) is 0 Å². The second-order valence-corrected chi connectivity index (χ2v) is 2.23. The first-order valence-corrected chi connectivity index (χ1v) is 2.84. The summed E-state index contributed by atoms with van der Waals surface area (Å²) in [5.41, 5.74) is 5.95. The van der Waals surface area contributed by atoms with E-state index in [1.807, 2.05) is 13.8 Å². The summed E-state index contributed by atoms with van der Waals surface area (Å²) >= 11 is 0. The molecule has 0 spiro atoms. The normalized spacial score (nSPS) is 10.6. The lowest BCUT2D eigenvalue weighted by molar-refractivity contribution is 0.371. The second-order valence-electron chi connectivity index (χ2n) is 2.23. The lowest BCUT2D eigenvalue weighted by Crippen LogP contribution is -1.90. The molecule has 0 saturated heterocycles. The number of anilines is 1. The van der Waals surface area contributed by atoms with E-state index in [2.05, 4.69) is 11.4 Å². The van der Waals surface area contributed by atoms with Crippen LogP contribution in [0.2, 0.25) is 0 Å². The van der Waals surface area contributed by atoms with Crippen molar-refractivity contribution in [2.24, 2.45) is 0 Å². The van der Waals surface area contributed by atoms with Gasteiger partial charge in [0.1, 0.15) is 5.69 Å². The smallest absolute Gasteiger partial charge is 0.162 e. The lowest BCUT2D eigenvalue weighted by atomic mass is 10.1. The summed E-state index contributed by atoms with van der Waals surface area (Å²) in [6.45, 7) is 3.98. The molecule has 1 aromatic heterocycles. The Morgan fingerprint density at radius 2 is 2.33 bits per heavy atom. The maximum Gasteiger partial charge on any atom is 0.162 e. The lowest BCUT2D eigenvalue weighted by Gasteiger charge is -1.96. The van der Waals surface area contributed by atoms with Gasteiger partial charge >= 0.3 is 0 Å². The summed E-state index contributed by atoms with van der Waals surface area (Å²) in [6.07, 6.45) is 2.51. The molecule has 1 rings (SSSR count). The Morgan fingerprint density at radius 3 is 2.56 bits per heavy atom. The summed E-state index contributed by atoms with van der Waals surface area (Å²) in [4.78, 5) is 0. The van der Waals surface area contributed by atoms with Crippen LogP contribution in [-0.4, -0.2) is 5.16 Å². The molecule has 0 amide bonds. The van der Waals surface area contributed by atoms with Crippen LogP contribution in [-0.2, 0) is 0 Å². The molecule has 0 fully saturated rings. The van der Waals surface area contributed by atoms with Crippen molar-refractivity contribution in [3.05, 3.63) is 12.0 Å². The van der Waals surface area contributed by atoms with E-state index in [9.17, 15) is 0 Å². The van der Waals surface area contributed by atoms with Crippen molar-refractivity contribution in [2.45, 2.75) is 19.8 Å². The monoisotopic (exact) mass is 125 g/mol. The molecule has 0 saturated carbocycles. The SMILES string of the molecule is CC(C)c1on[c]c1N. The molecule has 1 heterocycles. The largest absolute Gasteiger partial charge is 0.394 e. The Labute approximate surface area is 53.8 Å². The first-order chi connectivity index (χ1) is 4.22. The van der Waals surface area contributed by atoms with E-state index in [0.717, 1.165) is 5.76 Å². The fourth-order valence-corrected chi connectivity index (χ4v) is 0.642. The molecule has 0 aliphatic carbocycles. The zero-order valence-corrected chi connectivity index (χ0v) is 5.51. The molecular formula is C6H9N2O. The van der Waals surface area contributed by atoms with Gasteiger partial charge in [-0.2, -0.15) is 0 Å². The van der Waals surface area contributed by atoms with Crippen LogP contribution in [0.15, 0.2) is 4.52 Å². The Kier molecular flexibility index (Phi) is 1.42. The number of hydrogen-bond acceptors (Lipinski definition) is 3. The van der Waals surface area contributed by atoms with Gasteiger partial charge in [0, 0.05) is 5.92 Å². The van der Waals surface area contributed by atoms with E-state index in [-0.39, 0.29) is 0 Å². The van der Waals surface area contributed by atoms with Gasteiger partial charge < -0.3 is 10.3 Å². The van der Waals surface area contributed by atoms with E-state index in [4.69, 9.17) is 10.3 Å². The Bertz CT molecular complexity index is 193. The zero-order valence-electron chi connectivity index (χ0n) is 5.51. The van der Waals surface area contributed by atoms with Crippen molar-refractivity contribution < 1.29 is 4.52 Å². The van der Waals surface area contributed by atoms with Gasteiger partial charge in [-0.3, -0.25) is 0 Å². The van der Waals surface area contributed by atoms with Gasteiger partial charge in [0.15, 0.2) is 12.0 Å². The Morgan fingerprint density at radius 1 is 1.67 bits per heavy atom. The predicted octanol–water partition coefficient (Wildman–Crippen LogP) is 1.18. The minimum absolute atomic E-state index is 0.295. The van der Waals surface area contributed by atoms with Crippen molar-refractivity contribution in [1.82, 2.24) is 5.16 Å². The third kappa shape index (κ3) is 1.04. The molecule has 0 atom stereocenters. The van der Waals surface area contributed by atoms with E-state index >= 15 is 0 Å². The molecule has 0 aliphatic rings. The topological polar surface area (TPSA) is 52.0 Å². The highest BCUT2D eigenvalue weighted by molar-refractivity contribution is 5.38. The van der Waals surface area contributed by atoms with Crippen molar-refractivity contribution >= 4 is 5.69 Å². The molecule has 0 unspecified atom stereocenters. The highest BCUT2D eigenvalue weighted by atomic mass is 16.5. The summed E-state index contributed by atoms with van der Waals surface area (Å²) < 4.78 is 4.80. The molecular weight excluding hydrogens is 116 g/mol. The highest BCUT2D eigenvalue weighted by Crippen LogP contribution is 2.19. The summed E-state index contributed by atoms with van der Waals surface area (Å²) in [5.74, 6) is 1.01. The quantitative estimate of drug-likeness (QED) is 0.613. The van der Waals surface area contributed by atoms with Gasteiger partial charge in [-0.1, -0.05) is 19.0 Å². The van der Waals surface area contributed by atoms with Crippen molar-refractivity contribution in [3.8, 4) is 0 Å². The average Bonchev–Trinajstić information content (AvgIpc) is 2.13. The number of nitrogens with zero attached hydrogens (tertiary/aromatic N) is 1. The van der Waals surface area contributed by atoms with E-state index in [1.54, 1.807) is 0 Å². The molecule has 49 valence electrons. The van der Waals surface area contributed by atoms with Crippen molar-refractivity contribution in [2.75, 3.05) is 5.73 Å². The predicted molar refractivity (Wildman–Crippen MR) is 33.8 cm³/mol. The van der Waals surface area contributed by atoms with E-state index in [0.29, 0.717) is 11.6 Å². The van der Waals surface area contributed by atoms with Crippen molar-refractivity contribution in [3.63, 3.8) is 0 Å². The fourth-order valence-electron chi connectivity index (χ4n) is 0.642. The minimum Gasteiger partial charge on any atom is -0.394 e. The number of hydrogen-bond donors (Lipinski definition) is 1. The van der Waals surface area contributed by atoms with Crippen LogP contribution in [0.4, 0.5) is 5.69 Å². The summed E-state index contributed by atoms with van der Waals surface area (Å²) in [5, 5.41) is 3.42. The molecule has 1 aromatic rings. The number of nitrogens with two attached hydrogens (primary N) is 1. The number of nitrogen functional groups attached to an aromatic ring is 1. The molecule has 0 aromatic carbocycles.